The van der Waals surface area contributed by atoms with E-state index in [9.17, 15) is 4.79 Å². The van der Waals surface area contributed by atoms with Gasteiger partial charge in [0.2, 0.25) is 0 Å². The summed E-state index contributed by atoms with van der Waals surface area (Å²) in [6, 6.07) is 4.82. The number of nitrogens with zero attached hydrogens (tertiary/aromatic N) is 3. The molecule has 0 aromatic carbocycles. The first-order valence-electron chi connectivity index (χ1n) is 10.7. The molecule has 28 heavy (non-hydrogen) atoms. The van der Waals surface area contributed by atoms with Crippen LogP contribution in [0, 0.1) is 0 Å². The van der Waals surface area contributed by atoms with E-state index in [2.05, 4.69) is 10.4 Å². The van der Waals surface area contributed by atoms with Crippen LogP contribution in [0.15, 0.2) is 22.8 Å². The fraction of sp³-hybridized carbons (Fsp3) is 0.636. The molecule has 2 aromatic rings. The van der Waals surface area contributed by atoms with Gasteiger partial charge in [0.05, 0.1) is 12.8 Å². The number of aryl methyl sites for hydroxylation is 1. The minimum atomic E-state index is -0.0247. The summed E-state index contributed by atoms with van der Waals surface area (Å²) >= 11 is 0. The highest BCUT2D eigenvalue weighted by Gasteiger charge is 2.30. The molecule has 0 spiro atoms. The molecule has 152 valence electrons. The second kappa shape index (κ2) is 8.52. The van der Waals surface area contributed by atoms with Crippen molar-refractivity contribution in [3.63, 3.8) is 0 Å². The summed E-state index contributed by atoms with van der Waals surface area (Å²) in [5.74, 6) is 0.761. The Balaban J connectivity index is 1.46. The minimum Gasteiger partial charge on any atom is -0.467 e. The van der Waals surface area contributed by atoms with Crippen molar-refractivity contribution in [2.45, 2.75) is 76.4 Å². The number of nitrogens with one attached hydrogen (secondary N) is 1. The molecule has 2 heterocycles. The second-order valence-electron chi connectivity index (χ2n) is 8.43. The van der Waals surface area contributed by atoms with Crippen LogP contribution in [0.2, 0.25) is 0 Å². The van der Waals surface area contributed by atoms with Crippen LogP contribution in [0.4, 0.5) is 0 Å². The predicted molar refractivity (Wildman–Crippen MR) is 108 cm³/mol. The third-order valence-electron chi connectivity index (χ3n) is 6.30. The number of aromatic nitrogens is 2. The van der Waals surface area contributed by atoms with Crippen LogP contribution >= 0.6 is 0 Å². The number of rotatable bonds is 5. The number of amides is 1. The van der Waals surface area contributed by atoms with Gasteiger partial charge in [-0.15, -0.1) is 0 Å². The maximum Gasteiger partial charge on any atom is 0.274 e. The highest BCUT2D eigenvalue weighted by molar-refractivity contribution is 5.94. The molecule has 2 aromatic heterocycles. The maximum atomic E-state index is 13.1. The largest absolute Gasteiger partial charge is 0.467 e. The van der Waals surface area contributed by atoms with E-state index in [1.807, 2.05) is 30.9 Å². The smallest absolute Gasteiger partial charge is 0.274 e. The van der Waals surface area contributed by atoms with Gasteiger partial charge in [-0.2, -0.15) is 5.10 Å². The Labute approximate surface area is 167 Å². The number of fused-ring (bicyclic) bond motifs is 1. The zero-order valence-electron chi connectivity index (χ0n) is 17.1. The van der Waals surface area contributed by atoms with Gasteiger partial charge in [-0.3, -0.25) is 9.48 Å². The molecular weight excluding hydrogens is 352 g/mol. The van der Waals surface area contributed by atoms with Crippen molar-refractivity contribution in [3.05, 3.63) is 41.1 Å². The van der Waals surface area contributed by atoms with Gasteiger partial charge in [0.25, 0.3) is 5.91 Å². The van der Waals surface area contributed by atoms with E-state index in [1.54, 1.807) is 11.2 Å². The molecule has 6 nitrogen and oxygen atoms in total. The molecular formula is C22H32N4O2. The summed E-state index contributed by atoms with van der Waals surface area (Å²) in [6.45, 7) is 0.459. The summed E-state index contributed by atoms with van der Waals surface area (Å²) in [5.41, 5.74) is 2.96. The molecule has 0 bridgehead atoms. The lowest BCUT2D eigenvalue weighted by molar-refractivity contribution is 0.0767. The van der Waals surface area contributed by atoms with Crippen molar-refractivity contribution in [2.75, 3.05) is 7.05 Å². The van der Waals surface area contributed by atoms with Crippen LogP contribution in [0.3, 0.4) is 0 Å². The molecule has 2 aliphatic carbocycles. The average Bonchev–Trinajstić information content (AvgIpc) is 3.22. The van der Waals surface area contributed by atoms with Gasteiger partial charge in [-0.1, -0.05) is 25.7 Å². The Bertz CT molecular complexity index is 788. The van der Waals surface area contributed by atoms with Crippen molar-refractivity contribution >= 4 is 5.91 Å². The summed E-state index contributed by atoms with van der Waals surface area (Å²) < 4.78 is 7.30. The van der Waals surface area contributed by atoms with Gasteiger partial charge in [-0.25, -0.2) is 0 Å². The summed E-state index contributed by atoms with van der Waals surface area (Å²) in [7, 11) is 3.78. The molecule has 0 unspecified atom stereocenters. The Morgan fingerprint density at radius 2 is 2.04 bits per heavy atom. The van der Waals surface area contributed by atoms with E-state index in [0.29, 0.717) is 24.3 Å². The zero-order valence-corrected chi connectivity index (χ0v) is 17.1. The van der Waals surface area contributed by atoms with Crippen molar-refractivity contribution in [2.24, 2.45) is 7.05 Å². The van der Waals surface area contributed by atoms with Gasteiger partial charge >= 0.3 is 0 Å². The third kappa shape index (κ3) is 4.17. The topological polar surface area (TPSA) is 63.3 Å². The standard InChI is InChI=1S/C22H32N4O2/c1-25(15-18-10-7-13-28-18)22(27)21-19-14-17(11-12-20(19)26(2)24-21)23-16-8-5-3-4-6-9-16/h7,10,13,16-17,23H,3-6,8-9,11-12,14-15H2,1-2H3/t17-/m1/s1. The predicted octanol–water partition coefficient (Wildman–Crippen LogP) is 3.46. The van der Waals surface area contributed by atoms with Crippen molar-refractivity contribution < 1.29 is 9.21 Å². The SMILES string of the molecule is CN(Cc1ccco1)C(=O)c1nn(C)c2c1C[C@H](NC1CCCCCC1)CC2. The van der Waals surface area contributed by atoms with Crippen LogP contribution in [0.5, 0.6) is 0 Å². The molecule has 0 aliphatic heterocycles. The average molecular weight is 385 g/mol. The summed E-state index contributed by atoms with van der Waals surface area (Å²) in [4.78, 5) is 14.8. The lowest BCUT2D eigenvalue weighted by atomic mass is 9.90. The summed E-state index contributed by atoms with van der Waals surface area (Å²) in [6.07, 6.45) is 12.6. The van der Waals surface area contributed by atoms with E-state index in [-0.39, 0.29) is 5.91 Å². The Hall–Kier alpha value is -2.08. The summed E-state index contributed by atoms with van der Waals surface area (Å²) in [5, 5.41) is 8.51. The fourth-order valence-electron chi connectivity index (χ4n) is 4.77. The van der Waals surface area contributed by atoms with Gasteiger partial charge in [0, 0.05) is 37.4 Å². The first kappa shape index (κ1) is 19.2. The van der Waals surface area contributed by atoms with Gasteiger partial charge in [0.1, 0.15) is 5.76 Å². The van der Waals surface area contributed by atoms with E-state index >= 15 is 0 Å². The molecule has 1 fully saturated rings. The minimum absolute atomic E-state index is 0.0247. The van der Waals surface area contributed by atoms with Crippen LogP contribution in [-0.4, -0.2) is 39.7 Å². The van der Waals surface area contributed by atoms with Crippen molar-refractivity contribution in [3.8, 4) is 0 Å². The first-order valence-corrected chi connectivity index (χ1v) is 10.7. The van der Waals surface area contributed by atoms with Crippen molar-refractivity contribution in [1.82, 2.24) is 20.0 Å². The van der Waals surface area contributed by atoms with Crippen molar-refractivity contribution in [1.29, 1.82) is 0 Å². The second-order valence-corrected chi connectivity index (χ2v) is 8.43. The van der Waals surface area contributed by atoms with E-state index < -0.39 is 0 Å². The zero-order chi connectivity index (χ0) is 19.5. The van der Waals surface area contributed by atoms with E-state index in [1.165, 1.54) is 44.2 Å². The Morgan fingerprint density at radius 3 is 2.75 bits per heavy atom. The van der Waals surface area contributed by atoms with E-state index in [0.717, 1.165) is 30.6 Å². The highest BCUT2D eigenvalue weighted by atomic mass is 16.3. The molecule has 1 N–H and O–H groups in total. The number of hydrogen-bond donors (Lipinski definition) is 1. The normalized spacial score (nSPS) is 20.6. The lowest BCUT2D eigenvalue weighted by Gasteiger charge is -2.29. The number of furan rings is 1. The number of hydrogen-bond acceptors (Lipinski definition) is 4. The monoisotopic (exact) mass is 384 g/mol. The molecule has 1 amide bonds. The molecule has 4 rings (SSSR count). The first-order chi connectivity index (χ1) is 13.6. The van der Waals surface area contributed by atoms with Gasteiger partial charge in [-0.05, 0) is 44.2 Å². The van der Waals surface area contributed by atoms with Crippen LogP contribution in [0.25, 0.3) is 0 Å². The van der Waals surface area contributed by atoms with Crippen LogP contribution < -0.4 is 5.32 Å². The molecule has 0 saturated heterocycles. The Kier molecular flexibility index (Phi) is 5.85. The third-order valence-corrected chi connectivity index (χ3v) is 6.30. The maximum absolute atomic E-state index is 13.1. The fourth-order valence-corrected chi connectivity index (χ4v) is 4.77. The molecule has 0 radical (unpaired) electrons. The van der Waals surface area contributed by atoms with E-state index in [4.69, 9.17) is 4.42 Å². The van der Waals surface area contributed by atoms with Crippen LogP contribution in [-0.2, 0) is 26.4 Å². The Morgan fingerprint density at radius 1 is 1.25 bits per heavy atom. The molecule has 6 heteroatoms. The molecule has 2 aliphatic rings. The number of carbonyl (C=O) groups excluding carboxylic acids is 1. The highest BCUT2D eigenvalue weighted by Crippen LogP contribution is 2.27. The molecule has 1 atom stereocenters. The lowest BCUT2D eigenvalue weighted by Crippen LogP contribution is -2.42. The quantitative estimate of drug-likeness (QED) is 0.802. The number of carbonyl (C=O) groups is 1. The molecule has 1 saturated carbocycles. The van der Waals surface area contributed by atoms with Gasteiger partial charge < -0.3 is 14.6 Å². The van der Waals surface area contributed by atoms with Crippen LogP contribution in [0.1, 0.15) is 72.5 Å². The van der Waals surface area contributed by atoms with Gasteiger partial charge in [0.15, 0.2) is 5.69 Å².